The van der Waals surface area contributed by atoms with E-state index in [4.69, 9.17) is 15.6 Å². The van der Waals surface area contributed by atoms with Crippen LogP contribution in [0.2, 0.25) is 0 Å². The molecule has 19 heavy (non-hydrogen) atoms. The Labute approximate surface area is 111 Å². The van der Waals surface area contributed by atoms with Crippen LogP contribution in [-0.2, 0) is 14.3 Å². The van der Waals surface area contributed by atoms with Gasteiger partial charge in [-0.1, -0.05) is 30.3 Å². The molecule has 2 unspecified atom stereocenters. The number of carboxylic acids is 1. The molecule has 0 aliphatic carbocycles. The second-order valence-electron chi connectivity index (χ2n) is 4.05. The lowest BCUT2D eigenvalue weighted by Gasteiger charge is -2.19. The average Bonchev–Trinajstić information content (AvgIpc) is 2.40. The number of rotatable bonds is 7. The summed E-state index contributed by atoms with van der Waals surface area (Å²) in [5.74, 6) is -2.13. The third-order valence-corrected chi connectivity index (χ3v) is 2.70. The number of hydrogen-bond acceptors (Lipinski definition) is 4. The van der Waals surface area contributed by atoms with Crippen LogP contribution in [0.15, 0.2) is 30.3 Å². The number of aliphatic carboxylic acids is 1. The van der Waals surface area contributed by atoms with E-state index in [1.807, 2.05) is 6.07 Å². The average molecular weight is 266 g/mol. The van der Waals surface area contributed by atoms with Gasteiger partial charge in [0, 0.05) is 13.7 Å². The number of carbonyl (C=O) groups excluding carboxylic acids is 1. The highest BCUT2D eigenvalue weighted by atomic mass is 16.5. The van der Waals surface area contributed by atoms with Gasteiger partial charge in [-0.2, -0.15) is 0 Å². The molecule has 0 fully saturated rings. The van der Waals surface area contributed by atoms with E-state index >= 15 is 0 Å². The topological polar surface area (TPSA) is 102 Å². The summed E-state index contributed by atoms with van der Waals surface area (Å²) in [5.41, 5.74) is 6.35. The SMILES string of the molecule is COCC(NC(=O)C(CN)c1ccccc1)C(=O)O. The fourth-order valence-corrected chi connectivity index (χ4v) is 1.69. The summed E-state index contributed by atoms with van der Waals surface area (Å²) in [5, 5.41) is 11.4. The van der Waals surface area contributed by atoms with E-state index < -0.39 is 23.8 Å². The Kier molecular flexibility index (Phi) is 5.98. The first-order valence-electron chi connectivity index (χ1n) is 5.87. The van der Waals surface area contributed by atoms with Crippen molar-refractivity contribution in [1.29, 1.82) is 0 Å². The number of carboxylic acid groups (broad SMARTS) is 1. The maximum absolute atomic E-state index is 12.1. The number of amides is 1. The fourth-order valence-electron chi connectivity index (χ4n) is 1.69. The van der Waals surface area contributed by atoms with E-state index in [1.54, 1.807) is 24.3 Å². The van der Waals surface area contributed by atoms with Crippen LogP contribution in [0, 0.1) is 0 Å². The lowest BCUT2D eigenvalue weighted by Crippen LogP contribution is -2.46. The maximum atomic E-state index is 12.1. The fraction of sp³-hybridized carbons (Fsp3) is 0.385. The highest BCUT2D eigenvalue weighted by molar-refractivity contribution is 5.88. The van der Waals surface area contributed by atoms with Crippen LogP contribution in [0.5, 0.6) is 0 Å². The molecular formula is C13H18N2O4. The van der Waals surface area contributed by atoms with Gasteiger partial charge in [0.05, 0.1) is 12.5 Å². The number of nitrogens with one attached hydrogen (secondary N) is 1. The van der Waals surface area contributed by atoms with Crippen molar-refractivity contribution < 1.29 is 19.4 Å². The predicted molar refractivity (Wildman–Crippen MR) is 69.7 cm³/mol. The van der Waals surface area contributed by atoms with Crippen LogP contribution in [0.3, 0.4) is 0 Å². The Morgan fingerprint density at radius 2 is 2.00 bits per heavy atom. The first-order valence-corrected chi connectivity index (χ1v) is 5.87. The van der Waals surface area contributed by atoms with Crippen LogP contribution >= 0.6 is 0 Å². The number of hydrogen-bond donors (Lipinski definition) is 3. The van der Waals surface area contributed by atoms with Crippen molar-refractivity contribution >= 4 is 11.9 Å². The Morgan fingerprint density at radius 3 is 2.47 bits per heavy atom. The summed E-state index contributed by atoms with van der Waals surface area (Å²) < 4.78 is 4.76. The van der Waals surface area contributed by atoms with Crippen molar-refractivity contribution in [3.8, 4) is 0 Å². The first kappa shape index (κ1) is 15.1. The van der Waals surface area contributed by atoms with Crippen LogP contribution in [0.1, 0.15) is 11.5 Å². The third kappa shape index (κ3) is 4.35. The van der Waals surface area contributed by atoms with Crippen LogP contribution in [0.25, 0.3) is 0 Å². The lowest BCUT2D eigenvalue weighted by atomic mass is 9.98. The van der Waals surface area contributed by atoms with Crippen molar-refractivity contribution in [3.05, 3.63) is 35.9 Å². The molecule has 104 valence electrons. The number of methoxy groups -OCH3 is 1. The van der Waals surface area contributed by atoms with Crippen molar-refractivity contribution in [1.82, 2.24) is 5.32 Å². The Bertz CT molecular complexity index is 422. The molecule has 6 heteroatoms. The van der Waals surface area contributed by atoms with Gasteiger partial charge in [-0.3, -0.25) is 4.79 Å². The zero-order chi connectivity index (χ0) is 14.3. The molecule has 0 saturated carbocycles. The molecule has 1 aromatic carbocycles. The van der Waals surface area contributed by atoms with E-state index in [1.165, 1.54) is 7.11 Å². The zero-order valence-electron chi connectivity index (χ0n) is 10.7. The van der Waals surface area contributed by atoms with Gasteiger partial charge in [0.1, 0.15) is 0 Å². The summed E-state index contributed by atoms with van der Waals surface area (Å²) in [6.07, 6.45) is 0. The molecule has 4 N–H and O–H groups in total. The van der Waals surface area contributed by atoms with Gasteiger partial charge in [0.2, 0.25) is 5.91 Å². The molecule has 0 aromatic heterocycles. The van der Waals surface area contributed by atoms with Gasteiger partial charge in [-0.05, 0) is 5.56 Å². The molecule has 0 spiro atoms. The van der Waals surface area contributed by atoms with Crippen molar-refractivity contribution in [2.75, 3.05) is 20.3 Å². The van der Waals surface area contributed by atoms with Gasteiger partial charge >= 0.3 is 5.97 Å². The molecule has 2 atom stereocenters. The molecule has 0 saturated heterocycles. The van der Waals surface area contributed by atoms with Crippen molar-refractivity contribution in [2.45, 2.75) is 12.0 Å². The number of benzene rings is 1. The highest BCUT2D eigenvalue weighted by Crippen LogP contribution is 2.14. The molecule has 1 rings (SSSR count). The lowest BCUT2D eigenvalue weighted by molar-refractivity contribution is -0.143. The minimum atomic E-state index is -1.14. The van der Waals surface area contributed by atoms with E-state index in [2.05, 4.69) is 5.32 Å². The quantitative estimate of drug-likeness (QED) is 0.642. The van der Waals surface area contributed by atoms with Gasteiger partial charge in [-0.25, -0.2) is 4.79 Å². The Hall–Kier alpha value is -1.92. The van der Waals surface area contributed by atoms with Crippen molar-refractivity contribution in [2.24, 2.45) is 5.73 Å². The van der Waals surface area contributed by atoms with Crippen LogP contribution in [0.4, 0.5) is 0 Å². The summed E-state index contributed by atoms with van der Waals surface area (Å²) in [6.45, 7) is 0.0162. The number of carbonyl (C=O) groups is 2. The van der Waals surface area contributed by atoms with Gasteiger partial charge in [-0.15, -0.1) is 0 Å². The molecule has 0 aliphatic heterocycles. The minimum Gasteiger partial charge on any atom is -0.480 e. The number of ether oxygens (including phenoxy) is 1. The highest BCUT2D eigenvalue weighted by Gasteiger charge is 2.25. The maximum Gasteiger partial charge on any atom is 0.328 e. The Balaban J connectivity index is 2.76. The zero-order valence-corrected chi connectivity index (χ0v) is 10.7. The molecule has 0 bridgehead atoms. The minimum absolute atomic E-state index is 0.0901. The second kappa shape index (κ2) is 7.50. The molecule has 0 radical (unpaired) electrons. The van der Waals surface area contributed by atoms with E-state index in [0.29, 0.717) is 0 Å². The standard InChI is InChI=1S/C13H18N2O4/c1-19-8-11(13(17)18)15-12(16)10(7-14)9-5-3-2-4-6-9/h2-6,10-11H,7-8,14H2,1H3,(H,15,16)(H,17,18). The molecule has 1 amide bonds. The van der Waals surface area contributed by atoms with Crippen LogP contribution in [-0.4, -0.2) is 43.3 Å². The molecule has 6 nitrogen and oxygen atoms in total. The smallest absolute Gasteiger partial charge is 0.328 e. The molecule has 0 aliphatic rings. The van der Waals surface area contributed by atoms with Gasteiger partial charge < -0.3 is 20.9 Å². The molecule has 1 aromatic rings. The van der Waals surface area contributed by atoms with Crippen molar-refractivity contribution in [3.63, 3.8) is 0 Å². The number of nitrogens with two attached hydrogens (primary N) is 1. The normalized spacial score (nSPS) is 13.6. The van der Waals surface area contributed by atoms with Gasteiger partial charge in [0.25, 0.3) is 0 Å². The van der Waals surface area contributed by atoms with Crippen LogP contribution < -0.4 is 11.1 Å². The summed E-state index contributed by atoms with van der Waals surface area (Å²) in [7, 11) is 1.37. The van der Waals surface area contributed by atoms with E-state index in [0.717, 1.165) is 5.56 Å². The first-order chi connectivity index (χ1) is 9.10. The second-order valence-corrected chi connectivity index (χ2v) is 4.05. The summed E-state index contributed by atoms with van der Waals surface area (Å²) in [6, 6.07) is 7.92. The summed E-state index contributed by atoms with van der Waals surface area (Å²) in [4.78, 5) is 23.0. The van der Waals surface area contributed by atoms with Gasteiger partial charge in [0.15, 0.2) is 6.04 Å². The summed E-state index contributed by atoms with van der Waals surface area (Å²) >= 11 is 0. The van der Waals surface area contributed by atoms with E-state index in [9.17, 15) is 9.59 Å². The Morgan fingerprint density at radius 1 is 1.37 bits per heavy atom. The predicted octanol–water partition coefficient (Wildman–Crippen LogP) is -0.0553. The largest absolute Gasteiger partial charge is 0.480 e. The van der Waals surface area contributed by atoms with E-state index in [-0.39, 0.29) is 13.2 Å². The monoisotopic (exact) mass is 266 g/mol. The third-order valence-electron chi connectivity index (χ3n) is 2.70. The molecule has 0 heterocycles. The molecular weight excluding hydrogens is 248 g/mol.